The van der Waals surface area contributed by atoms with Gasteiger partial charge in [-0.3, -0.25) is 9.36 Å². The number of aromatic nitrogens is 1. The molecular formula is C23H29NO2. The fourth-order valence-corrected chi connectivity index (χ4v) is 2.24. The second kappa shape index (κ2) is 11.7. The van der Waals surface area contributed by atoms with Crippen LogP contribution in [-0.4, -0.2) is 10.5 Å². The topological polar surface area (TPSA) is 31.2 Å². The van der Waals surface area contributed by atoms with E-state index in [0.29, 0.717) is 6.61 Å². The van der Waals surface area contributed by atoms with E-state index < -0.39 is 0 Å². The lowest BCUT2D eigenvalue weighted by atomic mass is 10.2. The summed E-state index contributed by atoms with van der Waals surface area (Å²) in [7, 11) is 0. The van der Waals surface area contributed by atoms with Gasteiger partial charge in [0.15, 0.2) is 0 Å². The zero-order valence-corrected chi connectivity index (χ0v) is 16.2. The SMILES string of the molecule is C=CC(=O)n1ccc2cc(OCc3ccccc3)ccc21.CC.CCC. The summed E-state index contributed by atoms with van der Waals surface area (Å²) >= 11 is 0. The lowest BCUT2D eigenvalue weighted by Gasteiger charge is -2.07. The maximum atomic E-state index is 11.7. The Kier molecular flexibility index (Phi) is 9.55. The average Bonchev–Trinajstić information content (AvgIpc) is 3.12. The minimum atomic E-state index is -0.136. The van der Waals surface area contributed by atoms with Crippen LogP contribution >= 0.6 is 0 Å². The van der Waals surface area contributed by atoms with Crippen molar-refractivity contribution in [2.24, 2.45) is 0 Å². The number of ether oxygens (including phenoxy) is 1. The van der Waals surface area contributed by atoms with Crippen LogP contribution in [0, 0.1) is 0 Å². The average molecular weight is 351 g/mol. The molecule has 0 unspecified atom stereocenters. The maximum absolute atomic E-state index is 11.7. The van der Waals surface area contributed by atoms with Gasteiger partial charge in [0, 0.05) is 11.6 Å². The van der Waals surface area contributed by atoms with Crippen molar-refractivity contribution in [2.45, 2.75) is 40.7 Å². The standard InChI is InChI=1S/C18H15NO2.C3H8.C2H6/c1-2-18(20)19-11-10-15-12-16(8-9-17(15)19)21-13-14-6-4-3-5-7-14;1-3-2;1-2/h2-12H,1,13H2;3H2,1-2H3;1-2H3. The van der Waals surface area contributed by atoms with Gasteiger partial charge >= 0.3 is 0 Å². The zero-order chi connectivity index (χ0) is 19.4. The summed E-state index contributed by atoms with van der Waals surface area (Å²) in [6.07, 6.45) is 4.30. The minimum absolute atomic E-state index is 0.136. The van der Waals surface area contributed by atoms with Crippen molar-refractivity contribution in [3.05, 3.63) is 79.0 Å². The summed E-state index contributed by atoms with van der Waals surface area (Å²) in [5.41, 5.74) is 1.98. The van der Waals surface area contributed by atoms with Crippen LogP contribution in [0.2, 0.25) is 0 Å². The molecular weight excluding hydrogens is 322 g/mol. The van der Waals surface area contributed by atoms with Crippen LogP contribution in [0.15, 0.2) is 73.4 Å². The van der Waals surface area contributed by atoms with Gasteiger partial charge in [0.25, 0.3) is 5.91 Å². The number of benzene rings is 2. The van der Waals surface area contributed by atoms with Crippen molar-refractivity contribution in [1.82, 2.24) is 4.57 Å². The smallest absolute Gasteiger partial charge is 0.254 e. The number of nitrogens with zero attached hydrogens (tertiary/aromatic N) is 1. The molecule has 0 N–H and O–H groups in total. The highest BCUT2D eigenvalue weighted by molar-refractivity contribution is 5.98. The predicted molar refractivity (Wildman–Crippen MR) is 111 cm³/mol. The van der Waals surface area contributed by atoms with E-state index in [9.17, 15) is 4.79 Å². The van der Waals surface area contributed by atoms with Gasteiger partial charge in [-0.15, -0.1) is 0 Å². The molecule has 0 bridgehead atoms. The van der Waals surface area contributed by atoms with E-state index in [0.717, 1.165) is 22.2 Å². The molecule has 3 heteroatoms. The Morgan fingerprint density at radius 2 is 1.73 bits per heavy atom. The van der Waals surface area contributed by atoms with E-state index in [1.807, 2.05) is 68.4 Å². The molecule has 1 aromatic heterocycles. The van der Waals surface area contributed by atoms with Crippen LogP contribution in [0.4, 0.5) is 0 Å². The Hall–Kier alpha value is -2.81. The highest BCUT2D eigenvalue weighted by Gasteiger charge is 2.06. The first-order valence-corrected chi connectivity index (χ1v) is 9.14. The monoisotopic (exact) mass is 351 g/mol. The van der Waals surface area contributed by atoms with Crippen molar-refractivity contribution in [1.29, 1.82) is 0 Å². The van der Waals surface area contributed by atoms with Crippen LogP contribution in [-0.2, 0) is 6.61 Å². The molecule has 0 saturated heterocycles. The Morgan fingerprint density at radius 3 is 2.35 bits per heavy atom. The molecule has 0 fully saturated rings. The molecule has 2 aromatic carbocycles. The maximum Gasteiger partial charge on any atom is 0.254 e. The summed E-state index contributed by atoms with van der Waals surface area (Å²) in [5.74, 6) is 0.651. The van der Waals surface area contributed by atoms with Gasteiger partial charge < -0.3 is 4.74 Å². The van der Waals surface area contributed by atoms with Crippen molar-refractivity contribution in [3.8, 4) is 5.75 Å². The Bertz CT molecular complexity index is 803. The van der Waals surface area contributed by atoms with E-state index in [1.54, 1.807) is 10.8 Å². The Balaban J connectivity index is 0.000000615. The third-order valence-electron chi connectivity index (χ3n) is 3.32. The van der Waals surface area contributed by atoms with Gasteiger partial charge in [-0.05, 0) is 35.9 Å². The first-order chi connectivity index (χ1) is 12.7. The molecule has 0 saturated carbocycles. The highest BCUT2D eigenvalue weighted by atomic mass is 16.5. The molecule has 0 aliphatic heterocycles. The fraction of sp³-hybridized carbons (Fsp3) is 0.261. The van der Waals surface area contributed by atoms with Gasteiger partial charge in [-0.25, -0.2) is 0 Å². The van der Waals surface area contributed by atoms with E-state index in [4.69, 9.17) is 4.74 Å². The third kappa shape index (κ3) is 5.92. The number of carbonyl (C=O) groups excluding carboxylic acids is 1. The highest BCUT2D eigenvalue weighted by Crippen LogP contribution is 2.23. The number of rotatable bonds is 4. The van der Waals surface area contributed by atoms with Gasteiger partial charge in [-0.2, -0.15) is 0 Å². The molecule has 0 radical (unpaired) electrons. The lowest BCUT2D eigenvalue weighted by molar-refractivity contribution is 0.0974. The third-order valence-corrected chi connectivity index (χ3v) is 3.32. The number of carbonyl (C=O) groups is 1. The Morgan fingerprint density at radius 1 is 1.08 bits per heavy atom. The number of hydrogen-bond acceptors (Lipinski definition) is 2. The number of hydrogen-bond donors (Lipinski definition) is 0. The summed E-state index contributed by atoms with van der Waals surface area (Å²) < 4.78 is 7.35. The van der Waals surface area contributed by atoms with Crippen LogP contribution in [0.25, 0.3) is 10.9 Å². The molecule has 0 amide bonds. The second-order valence-electron chi connectivity index (χ2n) is 5.43. The molecule has 1 heterocycles. The molecule has 138 valence electrons. The van der Waals surface area contributed by atoms with E-state index in [-0.39, 0.29) is 5.91 Å². The molecule has 3 nitrogen and oxygen atoms in total. The van der Waals surface area contributed by atoms with Gasteiger partial charge in [0.2, 0.25) is 0 Å². The molecule has 0 aliphatic rings. The minimum Gasteiger partial charge on any atom is -0.489 e. The summed E-state index contributed by atoms with van der Waals surface area (Å²) in [6.45, 7) is 12.3. The summed E-state index contributed by atoms with van der Waals surface area (Å²) in [4.78, 5) is 11.7. The Labute approximate surface area is 156 Å². The molecule has 26 heavy (non-hydrogen) atoms. The summed E-state index contributed by atoms with van der Waals surface area (Å²) in [5, 5.41) is 0.968. The molecule has 3 aromatic rings. The van der Waals surface area contributed by atoms with Crippen LogP contribution in [0.1, 0.15) is 44.5 Å². The fourth-order valence-electron chi connectivity index (χ4n) is 2.24. The molecule has 3 rings (SSSR count). The van der Waals surface area contributed by atoms with Crippen molar-refractivity contribution >= 4 is 16.8 Å². The first-order valence-electron chi connectivity index (χ1n) is 9.14. The van der Waals surface area contributed by atoms with E-state index in [1.165, 1.54) is 12.5 Å². The van der Waals surface area contributed by atoms with Gasteiger partial charge in [0.1, 0.15) is 12.4 Å². The van der Waals surface area contributed by atoms with E-state index >= 15 is 0 Å². The molecule has 0 aliphatic carbocycles. The number of fused-ring (bicyclic) bond motifs is 1. The quantitative estimate of drug-likeness (QED) is 0.503. The predicted octanol–water partition coefficient (Wildman–Crippen LogP) is 6.49. The largest absolute Gasteiger partial charge is 0.489 e. The summed E-state index contributed by atoms with van der Waals surface area (Å²) in [6, 6.07) is 17.6. The van der Waals surface area contributed by atoms with Gasteiger partial charge in [-0.1, -0.05) is 71.0 Å². The van der Waals surface area contributed by atoms with Crippen molar-refractivity contribution in [2.75, 3.05) is 0 Å². The normalized spacial score (nSPS) is 9.38. The van der Waals surface area contributed by atoms with Crippen molar-refractivity contribution in [3.63, 3.8) is 0 Å². The van der Waals surface area contributed by atoms with Crippen molar-refractivity contribution < 1.29 is 9.53 Å². The van der Waals surface area contributed by atoms with Gasteiger partial charge in [0.05, 0.1) is 5.52 Å². The van der Waals surface area contributed by atoms with Crippen LogP contribution in [0.5, 0.6) is 5.75 Å². The van der Waals surface area contributed by atoms with Crippen LogP contribution < -0.4 is 4.74 Å². The van der Waals surface area contributed by atoms with Crippen LogP contribution in [0.3, 0.4) is 0 Å². The zero-order valence-electron chi connectivity index (χ0n) is 16.2. The molecule has 0 atom stereocenters. The first kappa shape index (κ1) is 21.2. The lowest BCUT2D eigenvalue weighted by Crippen LogP contribution is -2.04. The van der Waals surface area contributed by atoms with E-state index in [2.05, 4.69) is 20.4 Å². The second-order valence-corrected chi connectivity index (χ2v) is 5.43. The number of allylic oxidation sites excluding steroid dienone is 1. The molecule has 0 spiro atoms.